The van der Waals surface area contributed by atoms with Crippen molar-refractivity contribution in [3.8, 4) is 6.07 Å². The summed E-state index contributed by atoms with van der Waals surface area (Å²) in [5, 5.41) is 8.96. The Morgan fingerprint density at radius 1 is 1.54 bits per heavy atom. The van der Waals surface area contributed by atoms with Crippen LogP contribution < -0.4 is 0 Å². The van der Waals surface area contributed by atoms with Crippen LogP contribution in [0.3, 0.4) is 0 Å². The molecule has 8 heteroatoms. The van der Waals surface area contributed by atoms with Gasteiger partial charge in [-0.05, 0) is 13.8 Å². The summed E-state index contributed by atoms with van der Waals surface area (Å²) in [5.74, 6) is -1.19. The minimum absolute atomic E-state index is 0.0817. The van der Waals surface area contributed by atoms with Crippen molar-refractivity contribution in [2.24, 2.45) is 7.05 Å². The molecule has 0 aliphatic carbocycles. The van der Waals surface area contributed by atoms with Crippen LogP contribution in [0.2, 0.25) is 0 Å². The summed E-state index contributed by atoms with van der Waals surface area (Å²) in [5.41, 5.74) is 0.990. The quantitative estimate of drug-likeness (QED) is 0.557. The van der Waals surface area contributed by atoms with E-state index in [0.717, 1.165) is 6.92 Å². The number of thioether (sulfide) groups is 2. The van der Waals surface area contributed by atoms with Gasteiger partial charge in [-0.3, -0.25) is 0 Å². The summed E-state index contributed by atoms with van der Waals surface area (Å²) < 4.78 is 43.4. The van der Waals surface area contributed by atoms with Crippen LogP contribution in [0.1, 0.15) is 19.5 Å². The van der Waals surface area contributed by atoms with Crippen molar-refractivity contribution in [3.05, 3.63) is 45.8 Å². The predicted molar refractivity (Wildman–Crippen MR) is 93.1 cm³/mol. The Hall–Kier alpha value is -1.59. The molecule has 1 aromatic heterocycles. The van der Waals surface area contributed by atoms with E-state index in [9.17, 15) is 18.4 Å². The Balaban J connectivity index is 2.38. The molecule has 0 N–H and O–H groups in total. The van der Waals surface area contributed by atoms with Crippen LogP contribution in [0.5, 0.6) is 0 Å². The Kier molecular flexibility index (Phi) is 6.24. The summed E-state index contributed by atoms with van der Waals surface area (Å²) in [6, 6.07) is 2.14. The van der Waals surface area contributed by atoms with Gasteiger partial charge in [-0.1, -0.05) is 0 Å². The Bertz CT molecular complexity index is 753. The van der Waals surface area contributed by atoms with E-state index in [1.165, 1.54) is 30.4 Å². The largest absolute Gasteiger partial charge is 0.333 e. The zero-order valence-electron chi connectivity index (χ0n) is 13.4. The summed E-state index contributed by atoms with van der Waals surface area (Å²) in [4.78, 5) is 3.99. The van der Waals surface area contributed by atoms with Crippen molar-refractivity contribution in [2.45, 2.75) is 25.3 Å². The van der Waals surface area contributed by atoms with Gasteiger partial charge in [0.1, 0.15) is 18.1 Å². The smallest absolute Gasteiger partial charge is 0.129 e. The molecule has 128 valence electrons. The van der Waals surface area contributed by atoms with Crippen LogP contribution in [-0.2, 0) is 7.05 Å². The molecule has 1 fully saturated rings. The molecule has 24 heavy (non-hydrogen) atoms. The summed E-state index contributed by atoms with van der Waals surface area (Å²) in [6.07, 6.45) is 2.31. The monoisotopic (exact) mass is 371 g/mol. The summed E-state index contributed by atoms with van der Waals surface area (Å²) in [6.45, 7) is 2.34. The van der Waals surface area contributed by atoms with E-state index in [1.54, 1.807) is 24.1 Å². The van der Waals surface area contributed by atoms with Crippen LogP contribution in [0.15, 0.2) is 40.1 Å². The van der Waals surface area contributed by atoms with E-state index in [4.69, 9.17) is 0 Å². The van der Waals surface area contributed by atoms with Crippen LogP contribution in [0.4, 0.5) is 13.2 Å². The zero-order valence-corrected chi connectivity index (χ0v) is 15.0. The molecule has 2 heterocycles. The third-order valence-corrected chi connectivity index (χ3v) is 6.32. The Labute approximate surface area is 147 Å². The first kappa shape index (κ1) is 18.7. The van der Waals surface area contributed by atoms with Gasteiger partial charge in [0.2, 0.25) is 0 Å². The molecule has 1 aliphatic heterocycles. The number of hydrogen-bond acceptors (Lipinski definition) is 4. The van der Waals surface area contributed by atoms with Crippen molar-refractivity contribution in [2.75, 3.05) is 5.75 Å². The minimum atomic E-state index is -1.54. The van der Waals surface area contributed by atoms with Crippen molar-refractivity contribution >= 4 is 29.1 Å². The van der Waals surface area contributed by atoms with Crippen LogP contribution in [0.25, 0.3) is 5.57 Å². The number of nitriles is 1. The topological polar surface area (TPSA) is 41.6 Å². The Morgan fingerprint density at radius 2 is 2.25 bits per heavy atom. The molecule has 0 radical (unpaired) electrons. The average molecular weight is 371 g/mol. The Morgan fingerprint density at radius 3 is 2.75 bits per heavy atom. The summed E-state index contributed by atoms with van der Waals surface area (Å²) in [7, 11) is 1.77. The summed E-state index contributed by atoms with van der Waals surface area (Å²) >= 11 is 2.60. The van der Waals surface area contributed by atoms with Crippen LogP contribution >= 0.6 is 23.5 Å². The van der Waals surface area contributed by atoms with Gasteiger partial charge >= 0.3 is 0 Å². The second-order valence-corrected chi connectivity index (χ2v) is 7.73. The zero-order chi connectivity index (χ0) is 17.9. The molecular weight excluding hydrogens is 355 g/mol. The molecule has 3 nitrogen and oxygen atoms in total. The maximum absolute atomic E-state index is 14.2. The van der Waals surface area contributed by atoms with Gasteiger partial charge in [0.15, 0.2) is 0 Å². The van der Waals surface area contributed by atoms with E-state index in [-0.39, 0.29) is 5.57 Å². The minimum Gasteiger partial charge on any atom is -0.333 e. The molecular formula is C16H16F3N3S2. The first-order chi connectivity index (χ1) is 11.3. The van der Waals surface area contributed by atoms with Crippen molar-refractivity contribution in [3.63, 3.8) is 0 Å². The fourth-order valence-corrected chi connectivity index (χ4v) is 5.33. The third-order valence-electron chi connectivity index (χ3n) is 3.38. The van der Waals surface area contributed by atoms with Gasteiger partial charge in [0, 0.05) is 29.7 Å². The van der Waals surface area contributed by atoms with E-state index < -0.39 is 23.1 Å². The molecule has 0 amide bonds. The number of allylic oxidation sites excluding steroid dienone is 4. The maximum Gasteiger partial charge on any atom is 0.129 e. The molecule has 1 aromatic rings. The molecule has 0 bridgehead atoms. The van der Waals surface area contributed by atoms with Gasteiger partial charge in [-0.25, -0.2) is 18.2 Å². The average Bonchev–Trinajstić information content (AvgIpc) is 3.10. The van der Waals surface area contributed by atoms with Gasteiger partial charge < -0.3 is 4.57 Å². The maximum atomic E-state index is 14.2. The standard InChI is InChI=1S/C16H16F3N3S2/c1-9(17)4-12(19)15(10(2)18)14-7-23-16(24-14)11(5-20)13-6-21-8-22(13)3/h4,6,8,10,14H,7H2,1-3H3. The van der Waals surface area contributed by atoms with E-state index in [1.807, 2.05) is 0 Å². The number of imidazole rings is 1. The number of rotatable bonds is 4. The second kappa shape index (κ2) is 7.99. The van der Waals surface area contributed by atoms with Crippen molar-refractivity contribution in [1.82, 2.24) is 9.55 Å². The highest BCUT2D eigenvalue weighted by Crippen LogP contribution is 2.49. The number of aromatic nitrogens is 2. The highest BCUT2D eigenvalue weighted by Gasteiger charge is 2.32. The fourth-order valence-electron chi connectivity index (χ4n) is 2.30. The highest BCUT2D eigenvalue weighted by atomic mass is 32.2. The van der Waals surface area contributed by atoms with Gasteiger partial charge in [-0.2, -0.15) is 5.26 Å². The molecule has 0 saturated carbocycles. The van der Waals surface area contributed by atoms with E-state index >= 15 is 0 Å². The van der Waals surface area contributed by atoms with E-state index in [0.29, 0.717) is 27.3 Å². The normalized spacial score (nSPS) is 22.9. The lowest BCUT2D eigenvalue weighted by molar-refractivity contribution is 0.396. The number of nitrogens with zero attached hydrogens (tertiary/aromatic N) is 3. The van der Waals surface area contributed by atoms with Crippen molar-refractivity contribution in [1.29, 1.82) is 5.26 Å². The van der Waals surface area contributed by atoms with Crippen LogP contribution in [-0.4, -0.2) is 26.7 Å². The number of aryl methyl sites for hydroxylation is 1. The first-order valence-electron chi connectivity index (χ1n) is 7.13. The van der Waals surface area contributed by atoms with E-state index in [2.05, 4.69) is 11.1 Å². The van der Waals surface area contributed by atoms with Gasteiger partial charge in [0.05, 0.1) is 33.9 Å². The van der Waals surface area contributed by atoms with Gasteiger partial charge in [0.25, 0.3) is 0 Å². The molecule has 1 saturated heterocycles. The number of alkyl halides is 1. The first-order valence-corrected chi connectivity index (χ1v) is 8.99. The number of halogens is 3. The fraction of sp³-hybridized carbons (Fsp3) is 0.375. The number of hydrogen-bond donors (Lipinski definition) is 0. The molecule has 2 rings (SSSR count). The predicted octanol–water partition coefficient (Wildman–Crippen LogP) is 4.92. The lowest BCUT2D eigenvalue weighted by Gasteiger charge is -2.15. The van der Waals surface area contributed by atoms with Crippen molar-refractivity contribution < 1.29 is 13.2 Å². The molecule has 0 spiro atoms. The highest BCUT2D eigenvalue weighted by molar-refractivity contribution is 8.26. The lowest BCUT2D eigenvalue weighted by Crippen LogP contribution is -2.15. The third kappa shape index (κ3) is 4.08. The van der Waals surface area contributed by atoms with Gasteiger partial charge in [-0.15, -0.1) is 23.5 Å². The molecule has 1 aliphatic rings. The SMILES string of the molecule is CC(F)=CC(F)=C(C(C)F)C1CSC(=C(C#N)c2cncn2C)S1. The lowest BCUT2D eigenvalue weighted by atomic mass is 10.1. The molecule has 2 atom stereocenters. The van der Waals surface area contributed by atoms with Crippen LogP contribution in [0, 0.1) is 11.3 Å². The molecule has 0 aromatic carbocycles. The second-order valence-electron chi connectivity index (χ2n) is 5.23. The molecule has 2 unspecified atom stereocenters.